The third-order valence-electron chi connectivity index (χ3n) is 3.55. The van der Waals surface area contributed by atoms with Crippen molar-refractivity contribution in [2.45, 2.75) is 38.0 Å². The van der Waals surface area contributed by atoms with Crippen molar-refractivity contribution < 1.29 is 4.42 Å². The summed E-state index contributed by atoms with van der Waals surface area (Å²) in [7, 11) is 0. The summed E-state index contributed by atoms with van der Waals surface area (Å²) >= 11 is 0. The molecule has 0 unspecified atom stereocenters. The van der Waals surface area contributed by atoms with E-state index in [1.165, 1.54) is 19.3 Å². The minimum Gasteiger partial charge on any atom is -0.426 e. The second kappa shape index (κ2) is 4.32. The molecule has 3 heteroatoms. The maximum absolute atomic E-state index is 11.8. The average Bonchev–Trinajstić information content (AvgIpc) is 2.40. The lowest BCUT2D eigenvalue weighted by Gasteiger charge is -2.20. The van der Waals surface area contributed by atoms with E-state index in [9.17, 15) is 4.79 Å². The minimum atomic E-state index is -0.302. The predicted molar refractivity (Wildman–Crippen MR) is 66.1 cm³/mol. The highest BCUT2D eigenvalue weighted by molar-refractivity contribution is 5.76. The topological polar surface area (TPSA) is 43.1 Å². The van der Waals surface area contributed by atoms with Gasteiger partial charge < -0.3 is 4.42 Å². The largest absolute Gasteiger partial charge is 0.426 e. The Morgan fingerprint density at radius 3 is 2.88 bits per heavy atom. The normalized spacial score (nSPS) is 17.4. The van der Waals surface area contributed by atoms with Gasteiger partial charge >= 0.3 is 5.63 Å². The Balaban J connectivity index is 2.08. The summed E-state index contributed by atoms with van der Waals surface area (Å²) in [5.41, 5.74) is 0.135. The van der Waals surface area contributed by atoms with Crippen LogP contribution in [0.25, 0.3) is 10.9 Å². The quantitative estimate of drug-likeness (QED) is 0.754. The van der Waals surface area contributed by atoms with Crippen LogP contribution in [0.15, 0.2) is 33.6 Å². The Labute approximate surface area is 99.5 Å². The summed E-state index contributed by atoms with van der Waals surface area (Å²) in [6, 6.07) is 5.76. The lowest BCUT2D eigenvalue weighted by Crippen LogP contribution is -2.09. The Morgan fingerprint density at radius 2 is 2.06 bits per heavy atom. The molecule has 2 heterocycles. The molecule has 2 aromatic heterocycles. The van der Waals surface area contributed by atoms with Gasteiger partial charge in [-0.2, -0.15) is 0 Å². The minimum absolute atomic E-state index is 0.302. The molecule has 0 atom stereocenters. The van der Waals surface area contributed by atoms with E-state index in [1.54, 1.807) is 6.20 Å². The molecule has 1 fully saturated rings. The molecule has 0 saturated heterocycles. The number of rotatable bonds is 1. The first-order chi connectivity index (χ1) is 8.34. The van der Waals surface area contributed by atoms with E-state index in [4.69, 9.17) is 4.42 Å². The average molecular weight is 229 g/mol. The van der Waals surface area contributed by atoms with Crippen LogP contribution in [0.1, 0.15) is 43.8 Å². The van der Waals surface area contributed by atoms with E-state index in [0.717, 1.165) is 24.0 Å². The molecular weight excluding hydrogens is 214 g/mol. The monoisotopic (exact) mass is 229 g/mol. The van der Waals surface area contributed by atoms with Gasteiger partial charge in [-0.3, -0.25) is 0 Å². The summed E-state index contributed by atoms with van der Waals surface area (Å²) < 4.78 is 5.41. The van der Waals surface area contributed by atoms with Crippen molar-refractivity contribution >= 4 is 10.9 Å². The van der Waals surface area contributed by atoms with Crippen LogP contribution in [0.2, 0.25) is 0 Å². The summed E-state index contributed by atoms with van der Waals surface area (Å²) in [4.78, 5) is 15.9. The van der Waals surface area contributed by atoms with E-state index in [0.29, 0.717) is 11.4 Å². The zero-order valence-electron chi connectivity index (χ0n) is 9.69. The van der Waals surface area contributed by atoms with Crippen LogP contribution in [-0.2, 0) is 0 Å². The van der Waals surface area contributed by atoms with Gasteiger partial charge in [0.2, 0.25) is 0 Å². The van der Waals surface area contributed by atoms with E-state index in [-0.39, 0.29) is 5.63 Å². The molecule has 0 amide bonds. The number of pyridine rings is 1. The maximum atomic E-state index is 11.8. The molecule has 0 radical (unpaired) electrons. The summed E-state index contributed by atoms with van der Waals surface area (Å²) in [5.74, 6) is 1.26. The van der Waals surface area contributed by atoms with Crippen LogP contribution in [0.4, 0.5) is 0 Å². The van der Waals surface area contributed by atoms with Crippen LogP contribution in [0.5, 0.6) is 0 Å². The van der Waals surface area contributed by atoms with Crippen LogP contribution < -0.4 is 5.63 Å². The van der Waals surface area contributed by atoms with Crippen molar-refractivity contribution in [1.29, 1.82) is 0 Å². The lowest BCUT2D eigenvalue weighted by atomic mass is 9.87. The van der Waals surface area contributed by atoms with Crippen molar-refractivity contribution in [3.05, 3.63) is 40.6 Å². The predicted octanol–water partition coefficient (Wildman–Crippen LogP) is 3.24. The highest BCUT2D eigenvalue weighted by Gasteiger charge is 2.19. The fraction of sp³-hybridized carbons (Fsp3) is 0.429. The van der Waals surface area contributed by atoms with Gasteiger partial charge in [-0.05, 0) is 25.0 Å². The van der Waals surface area contributed by atoms with Gasteiger partial charge in [-0.1, -0.05) is 25.3 Å². The van der Waals surface area contributed by atoms with Gasteiger partial charge in [-0.15, -0.1) is 0 Å². The highest BCUT2D eigenvalue weighted by atomic mass is 16.4. The molecule has 1 saturated carbocycles. The van der Waals surface area contributed by atoms with Crippen LogP contribution in [0, 0.1) is 0 Å². The summed E-state index contributed by atoms with van der Waals surface area (Å²) in [5, 5.41) is 0.893. The molecule has 0 N–H and O–H groups in total. The van der Waals surface area contributed by atoms with Gasteiger partial charge in [-0.25, -0.2) is 9.78 Å². The van der Waals surface area contributed by atoms with Crippen molar-refractivity contribution in [1.82, 2.24) is 4.98 Å². The maximum Gasteiger partial charge on any atom is 0.362 e. The van der Waals surface area contributed by atoms with Crippen molar-refractivity contribution in [2.75, 3.05) is 0 Å². The zero-order valence-corrected chi connectivity index (χ0v) is 9.69. The third kappa shape index (κ3) is 1.97. The van der Waals surface area contributed by atoms with E-state index < -0.39 is 0 Å². The summed E-state index contributed by atoms with van der Waals surface area (Å²) in [6.45, 7) is 0. The highest BCUT2D eigenvalue weighted by Crippen LogP contribution is 2.32. The van der Waals surface area contributed by atoms with Crippen LogP contribution in [-0.4, -0.2) is 4.98 Å². The fourth-order valence-corrected chi connectivity index (χ4v) is 2.63. The smallest absolute Gasteiger partial charge is 0.362 e. The van der Waals surface area contributed by atoms with Gasteiger partial charge in [0.25, 0.3) is 0 Å². The Bertz CT molecular complexity index is 582. The second-order valence-electron chi connectivity index (χ2n) is 4.71. The molecule has 88 valence electrons. The molecule has 3 rings (SSSR count). The first-order valence-electron chi connectivity index (χ1n) is 6.23. The molecule has 17 heavy (non-hydrogen) atoms. The Morgan fingerprint density at radius 1 is 1.24 bits per heavy atom. The number of hydrogen-bond acceptors (Lipinski definition) is 3. The Kier molecular flexibility index (Phi) is 2.67. The van der Waals surface area contributed by atoms with Crippen LogP contribution in [0.3, 0.4) is 0 Å². The van der Waals surface area contributed by atoms with E-state index >= 15 is 0 Å². The number of aromatic nitrogens is 1. The second-order valence-corrected chi connectivity index (χ2v) is 4.71. The first kappa shape index (κ1) is 10.5. The lowest BCUT2D eigenvalue weighted by molar-refractivity contribution is 0.358. The van der Waals surface area contributed by atoms with Gasteiger partial charge in [0, 0.05) is 17.5 Å². The van der Waals surface area contributed by atoms with Gasteiger partial charge in [0.15, 0.2) is 5.52 Å². The third-order valence-corrected chi connectivity index (χ3v) is 3.55. The number of nitrogens with zero attached hydrogens (tertiary/aromatic N) is 1. The Hall–Kier alpha value is -1.64. The number of hydrogen-bond donors (Lipinski definition) is 0. The van der Waals surface area contributed by atoms with Crippen molar-refractivity contribution in [3.8, 4) is 0 Å². The van der Waals surface area contributed by atoms with Crippen LogP contribution >= 0.6 is 0 Å². The van der Waals surface area contributed by atoms with Gasteiger partial charge in [0.05, 0.1) is 0 Å². The van der Waals surface area contributed by atoms with E-state index in [2.05, 4.69) is 4.98 Å². The SMILES string of the molecule is O=c1oc(C2CCCCC2)cc2cccnc12. The fourth-order valence-electron chi connectivity index (χ4n) is 2.63. The molecule has 3 nitrogen and oxygen atoms in total. The molecule has 0 aromatic carbocycles. The number of fused-ring (bicyclic) bond motifs is 1. The molecule has 0 aliphatic heterocycles. The standard InChI is InChI=1S/C14H15NO2/c16-14-13-11(7-4-8-15-13)9-12(17-14)10-5-2-1-3-6-10/h4,7-10H,1-3,5-6H2. The summed E-state index contributed by atoms with van der Waals surface area (Å²) in [6.07, 6.45) is 7.66. The van der Waals surface area contributed by atoms with Crippen molar-refractivity contribution in [3.63, 3.8) is 0 Å². The van der Waals surface area contributed by atoms with E-state index in [1.807, 2.05) is 18.2 Å². The molecule has 0 spiro atoms. The van der Waals surface area contributed by atoms with Gasteiger partial charge in [0.1, 0.15) is 5.76 Å². The zero-order chi connectivity index (χ0) is 11.7. The molecule has 2 aromatic rings. The molecule has 0 bridgehead atoms. The first-order valence-corrected chi connectivity index (χ1v) is 6.23. The molecule has 1 aliphatic rings. The van der Waals surface area contributed by atoms with Crippen molar-refractivity contribution in [2.24, 2.45) is 0 Å². The molecule has 1 aliphatic carbocycles. The molecular formula is C14H15NO2.